The van der Waals surface area contributed by atoms with Crippen molar-refractivity contribution in [1.29, 1.82) is 0 Å². The predicted molar refractivity (Wildman–Crippen MR) is 51.6 cm³/mol. The molecular weight excluding hydrogens is 166 g/mol. The van der Waals surface area contributed by atoms with Crippen molar-refractivity contribution >= 4 is 5.97 Å². The number of rotatable bonds is 4. The van der Waals surface area contributed by atoms with Crippen LogP contribution in [-0.4, -0.2) is 23.2 Å². The normalized spacial score (nSPS) is 26.2. The summed E-state index contributed by atoms with van der Waals surface area (Å²) in [5.74, 6) is -0.758. The number of allylic oxidation sites excluding steroid dienone is 2. The third-order valence-electron chi connectivity index (χ3n) is 2.12. The lowest BCUT2D eigenvalue weighted by Crippen LogP contribution is -2.41. The van der Waals surface area contributed by atoms with E-state index in [9.17, 15) is 4.79 Å². The number of hydrogen-bond donors (Lipinski definition) is 2. The summed E-state index contributed by atoms with van der Waals surface area (Å²) in [5.41, 5.74) is -0.0653. The molecule has 13 heavy (non-hydrogen) atoms. The quantitative estimate of drug-likeness (QED) is 0.687. The Morgan fingerprint density at radius 3 is 2.92 bits per heavy atom. The van der Waals surface area contributed by atoms with Gasteiger partial charge in [0.15, 0.2) is 0 Å². The highest BCUT2D eigenvalue weighted by molar-refractivity contribution is 5.66. The fourth-order valence-electron chi connectivity index (χ4n) is 1.31. The molecule has 1 unspecified atom stereocenters. The lowest BCUT2D eigenvalue weighted by molar-refractivity contribution is -0.136. The van der Waals surface area contributed by atoms with Crippen LogP contribution >= 0.6 is 0 Å². The van der Waals surface area contributed by atoms with Crippen molar-refractivity contribution < 1.29 is 9.90 Å². The van der Waals surface area contributed by atoms with Crippen molar-refractivity contribution in [3.05, 3.63) is 24.3 Å². The van der Waals surface area contributed by atoms with Crippen LogP contribution in [0.3, 0.4) is 0 Å². The van der Waals surface area contributed by atoms with Crippen LogP contribution in [0.2, 0.25) is 0 Å². The minimum Gasteiger partial charge on any atom is -0.481 e. The molecule has 0 bridgehead atoms. The van der Waals surface area contributed by atoms with Crippen molar-refractivity contribution in [3.63, 3.8) is 0 Å². The first-order valence-electron chi connectivity index (χ1n) is 4.44. The van der Waals surface area contributed by atoms with Gasteiger partial charge in [0.05, 0.1) is 6.42 Å². The van der Waals surface area contributed by atoms with Gasteiger partial charge >= 0.3 is 5.97 Å². The molecule has 0 saturated heterocycles. The van der Waals surface area contributed by atoms with E-state index in [0.717, 1.165) is 6.42 Å². The molecule has 0 aliphatic heterocycles. The maximum absolute atomic E-state index is 10.3. The molecule has 0 spiro atoms. The lowest BCUT2D eigenvalue weighted by Gasteiger charge is -2.27. The van der Waals surface area contributed by atoms with Crippen LogP contribution in [0.15, 0.2) is 24.3 Å². The molecule has 1 atom stereocenters. The van der Waals surface area contributed by atoms with Crippen molar-refractivity contribution in [1.82, 2.24) is 5.32 Å². The molecule has 1 aliphatic rings. The highest BCUT2D eigenvalue weighted by Crippen LogP contribution is 2.16. The van der Waals surface area contributed by atoms with Crippen LogP contribution in [-0.2, 0) is 4.79 Å². The third kappa shape index (κ3) is 3.42. The summed E-state index contributed by atoms with van der Waals surface area (Å²) in [6.45, 7) is 2.58. The summed E-state index contributed by atoms with van der Waals surface area (Å²) in [7, 11) is 0. The van der Waals surface area contributed by atoms with Gasteiger partial charge in [0.25, 0.3) is 0 Å². The molecule has 0 amide bonds. The van der Waals surface area contributed by atoms with E-state index in [1.54, 1.807) is 0 Å². The average Bonchev–Trinajstić information content (AvgIpc) is 2.04. The summed E-state index contributed by atoms with van der Waals surface area (Å²) in [4.78, 5) is 10.3. The van der Waals surface area contributed by atoms with E-state index >= 15 is 0 Å². The van der Waals surface area contributed by atoms with Crippen LogP contribution in [0, 0.1) is 0 Å². The van der Waals surface area contributed by atoms with Gasteiger partial charge in [0, 0.05) is 12.1 Å². The predicted octanol–water partition coefficient (Wildman–Crippen LogP) is 1.33. The molecule has 0 radical (unpaired) electrons. The number of carbonyl (C=O) groups is 1. The molecule has 3 heteroatoms. The summed E-state index contributed by atoms with van der Waals surface area (Å²) in [5, 5.41) is 11.7. The molecule has 0 aromatic rings. The Balaban J connectivity index is 2.31. The van der Waals surface area contributed by atoms with Crippen LogP contribution in [0.25, 0.3) is 0 Å². The number of carboxylic acids is 1. The SMILES string of the molecule is CC1(NCCC(=O)O)C=CC=CC1. The van der Waals surface area contributed by atoms with Crippen molar-refractivity contribution in [2.45, 2.75) is 25.3 Å². The zero-order valence-electron chi connectivity index (χ0n) is 7.79. The molecule has 0 aromatic heterocycles. The largest absolute Gasteiger partial charge is 0.481 e. The summed E-state index contributed by atoms with van der Waals surface area (Å²) in [6.07, 6.45) is 9.22. The van der Waals surface area contributed by atoms with Gasteiger partial charge < -0.3 is 10.4 Å². The van der Waals surface area contributed by atoms with Gasteiger partial charge in [-0.1, -0.05) is 24.3 Å². The Morgan fingerprint density at radius 1 is 1.62 bits per heavy atom. The second-order valence-electron chi connectivity index (χ2n) is 3.48. The molecule has 1 rings (SSSR count). The van der Waals surface area contributed by atoms with E-state index in [1.807, 2.05) is 12.2 Å². The van der Waals surface area contributed by atoms with Crippen LogP contribution in [0.5, 0.6) is 0 Å². The van der Waals surface area contributed by atoms with Gasteiger partial charge in [-0.25, -0.2) is 0 Å². The van der Waals surface area contributed by atoms with Crippen LogP contribution in [0.1, 0.15) is 19.8 Å². The maximum Gasteiger partial charge on any atom is 0.304 e. The van der Waals surface area contributed by atoms with E-state index in [1.165, 1.54) is 0 Å². The Labute approximate surface area is 78.1 Å². The third-order valence-corrected chi connectivity index (χ3v) is 2.12. The fourth-order valence-corrected chi connectivity index (χ4v) is 1.31. The first-order chi connectivity index (χ1) is 6.12. The van der Waals surface area contributed by atoms with Crippen molar-refractivity contribution in [2.24, 2.45) is 0 Å². The fraction of sp³-hybridized carbons (Fsp3) is 0.500. The van der Waals surface area contributed by atoms with E-state index in [2.05, 4.69) is 24.4 Å². The topological polar surface area (TPSA) is 49.3 Å². The highest BCUT2D eigenvalue weighted by atomic mass is 16.4. The number of carboxylic acid groups (broad SMARTS) is 1. The highest BCUT2D eigenvalue weighted by Gasteiger charge is 2.19. The Morgan fingerprint density at radius 2 is 2.38 bits per heavy atom. The van der Waals surface area contributed by atoms with E-state index in [4.69, 9.17) is 5.11 Å². The zero-order chi connectivity index (χ0) is 9.73. The summed E-state index contributed by atoms with van der Waals surface area (Å²) >= 11 is 0. The van der Waals surface area contributed by atoms with Crippen molar-refractivity contribution in [3.8, 4) is 0 Å². The molecular formula is C10H15NO2. The second-order valence-corrected chi connectivity index (χ2v) is 3.48. The second kappa shape index (κ2) is 4.23. The Bertz CT molecular complexity index is 245. The molecule has 1 aliphatic carbocycles. The van der Waals surface area contributed by atoms with Crippen LogP contribution in [0.4, 0.5) is 0 Å². The van der Waals surface area contributed by atoms with E-state index in [0.29, 0.717) is 6.54 Å². The van der Waals surface area contributed by atoms with Gasteiger partial charge in [-0.05, 0) is 13.3 Å². The standard InChI is InChI=1S/C10H15NO2/c1-10(6-3-2-4-7-10)11-8-5-9(12)13/h2-4,6,11H,5,7-8H2,1H3,(H,12,13). The lowest BCUT2D eigenvalue weighted by atomic mass is 9.93. The monoisotopic (exact) mass is 181 g/mol. The molecule has 0 aromatic carbocycles. The number of nitrogens with one attached hydrogen (secondary N) is 1. The van der Waals surface area contributed by atoms with Gasteiger partial charge in [-0.2, -0.15) is 0 Å². The van der Waals surface area contributed by atoms with Gasteiger partial charge in [0.1, 0.15) is 0 Å². The molecule has 2 N–H and O–H groups in total. The molecule has 3 nitrogen and oxygen atoms in total. The maximum atomic E-state index is 10.3. The van der Waals surface area contributed by atoms with E-state index < -0.39 is 5.97 Å². The Kier molecular flexibility index (Phi) is 3.25. The van der Waals surface area contributed by atoms with Crippen molar-refractivity contribution in [2.75, 3.05) is 6.54 Å². The molecule has 72 valence electrons. The van der Waals surface area contributed by atoms with Gasteiger partial charge in [0.2, 0.25) is 0 Å². The van der Waals surface area contributed by atoms with Gasteiger partial charge in [-0.15, -0.1) is 0 Å². The molecule has 0 saturated carbocycles. The first-order valence-corrected chi connectivity index (χ1v) is 4.44. The minimum atomic E-state index is -0.758. The first kappa shape index (κ1) is 9.99. The number of hydrogen-bond acceptors (Lipinski definition) is 2. The van der Waals surface area contributed by atoms with Crippen LogP contribution < -0.4 is 5.32 Å². The Hall–Kier alpha value is -1.09. The summed E-state index contributed by atoms with van der Waals surface area (Å²) < 4.78 is 0. The molecule has 0 heterocycles. The average molecular weight is 181 g/mol. The zero-order valence-corrected chi connectivity index (χ0v) is 7.79. The van der Waals surface area contributed by atoms with E-state index in [-0.39, 0.29) is 12.0 Å². The number of aliphatic carboxylic acids is 1. The molecule has 0 fully saturated rings. The van der Waals surface area contributed by atoms with Gasteiger partial charge in [-0.3, -0.25) is 4.79 Å². The minimum absolute atomic E-state index is 0.0653. The summed E-state index contributed by atoms with van der Waals surface area (Å²) in [6, 6.07) is 0. The smallest absolute Gasteiger partial charge is 0.304 e.